The summed E-state index contributed by atoms with van der Waals surface area (Å²) in [6, 6.07) is 21.5. The van der Waals surface area contributed by atoms with E-state index in [1.807, 2.05) is 0 Å². The number of ether oxygens (including phenoxy) is 1. The average molecular weight is 429 g/mol. The summed E-state index contributed by atoms with van der Waals surface area (Å²) in [4.78, 5) is 4.97. The molecule has 0 bridgehead atoms. The first kappa shape index (κ1) is 24.0. The summed E-state index contributed by atoms with van der Waals surface area (Å²) in [6.07, 6.45) is 2.29. The van der Waals surface area contributed by atoms with Gasteiger partial charge in [0, 0.05) is 13.1 Å². The lowest BCUT2D eigenvalue weighted by molar-refractivity contribution is -0.0257. The van der Waals surface area contributed by atoms with Gasteiger partial charge in [-0.05, 0) is 23.5 Å². The van der Waals surface area contributed by atoms with Gasteiger partial charge >= 0.3 is 0 Å². The van der Waals surface area contributed by atoms with Gasteiger partial charge in [0.25, 0.3) is 0 Å². The molecule has 0 fully saturated rings. The van der Waals surface area contributed by atoms with Crippen molar-refractivity contribution < 1.29 is 4.74 Å². The molecule has 0 aliphatic rings. The first-order valence-corrected chi connectivity index (χ1v) is 18.1. The highest BCUT2D eigenvalue weighted by atomic mass is 28.3. The quantitative estimate of drug-likeness (QED) is 0.320. The van der Waals surface area contributed by atoms with Gasteiger partial charge in [-0.25, -0.2) is 0 Å². The molecule has 0 radical (unpaired) electrons. The molecule has 0 amide bonds. The molecule has 2 aromatic carbocycles. The van der Waals surface area contributed by atoms with Crippen LogP contribution in [0.3, 0.4) is 0 Å². The van der Waals surface area contributed by atoms with Crippen molar-refractivity contribution in [3.05, 3.63) is 71.8 Å². The number of nitrogens with zero attached hydrogens (tertiary/aromatic N) is 2. The second kappa shape index (κ2) is 11.2. The molecule has 5 heteroatoms. The summed E-state index contributed by atoms with van der Waals surface area (Å²) in [5.41, 5.74) is 2.72. The van der Waals surface area contributed by atoms with Gasteiger partial charge in [-0.2, -0.15) is 0 Å². The van der Waals surface area contributed by atoms with Crippen LogP contribution in [0.15, 0.2) is 60.7 Å². The molecule has 0 N–H and O–H groups in total. The summed E-state index contributed by atoms with van der Waals surface area (Å²) in [5, 5.41) is 0. The second-order valence-corrected chi connectivity index (χ2v) is 21.4. The Hall–Kier alpha value is -1.25. The largest absolute Gasteiger partial charge is 0.351 e. The van der Waals surface area contributed by atoms with Crippen LogP contribution in [0.1, 0.15) is 11.1 Å². The topological polar surface area (TPSA) is 15.7 Å². The van der Waals surface area contributed by atoms with Crippen LogP contribution in [-0.2, 0) is 17.8 Å². The highest BCUT2D eigenvalue weighted by Crippen LogP contribution is 2.12. The van der Waals surface area contributed by atoms with E-state index in [1.165, 1.54) is 11.1 Å². The maximum Gasteiger partial charge on any atom is 0.101 e. The zero-order valence-electron chi connectivity index (χ0n) is 19.3. The summed E-state index contributed by atoms with van der Waals surface area (Å²) in [7, 11) is -2.42. The Morgan fingerprint density at radius 2 is 0.931 bits per heavy atom. The van der Waals surface area contributed by atoms with Crippen molar-refractivity contribution in [1.29, 1.82) is 0 Å². The highest BCUT2D eigenvalue weighted by molar-refractivity contribution is 6.76. The van der Waals surface area contributed by atoms with Crippen molar-refractivity contribution in [2.75, 3.05) is 25.8 Å². The predicted octanol–water partition coefficient (Wildman–Crippen LogP) is 5.68. The predicted molar refractivity (Wildman–Crippen MR) is 131 cm³/mol. The maximum atomic E-state index is 6.29. The molecule has 29 heavy (non-hydrogen) atoms. The van der Waals surface area contributed by atoms with Gasteiger partial charge in [0.1, 0.15) is 13.5 Å². The average Bonchev–Trinajstić information content (AvgIpc) is 2.60. The minimum Gasteiger partial charge on any atom is -0.351 e. The van der Waals surface area contributed by atoms with Crippen molar-refractivity contribution in [1.82, 2.24) is 9.80 Å². The fourth-order valence-corrected chi connectivity index (χ4v) is 6.71. The SMILES string of the molecule is C[Si](C)(C)CN(COCN(Cc1ccccc1)C[Si](C)(C)C)Cc1ccccc1. The van der Waals surface area contributed by atoms with Crippen LogP contribution in [0.2, 0.25) is 39.3 Å². The van der Waals surface area contributed by atoms with Gasteiger partial charge in [-0.15, -0.1) is 0 Å². The van der Waals surface area contributed by atoms with E-state index in [9.17, 15) is 0 Å². The number of hydrogen-bond donors (Lipinski definition) is 0. The highest BCUT2D eigenvalue weighted by Gasteiger charge is 2.21. The Balaban J connectivity index is 1.96. The van der Waals surface area contributed by atoms with Gasteiger partial charge in [-0.3, -0.25) is 9.80 Å². The van der Waals surface area contributed by atoms with Gasteiger partial charge in [0.2, 0.25) is 0 Å². The third kappa shape index (κ3) is 10.9. The van der Waals surface area contributed by atoms with Crippen molar-refractivity contribution in [3.63, 3.8) is 0 Å². The molecule has 0 aliphatic heterocycles. The number of benzene rings is 2. The van der Waals surface area contributed by atoms with Crippen molar-refractivity contribution >= 4 is 16.1 Å². The fraction of sp³-hybridized carbons (Fsp3) is 0.500. The zero-order chi connectivity index (χ0) is 21.3. The van der Waals surface area contributed by atoms with Gasteiger partial charge < -0.3 is 4.74 Å². The van der Waals surface area contributed by atoms with Crippen molar-refractivity contribution in [2.24, 2.45) is 0 Å². The zero-order valence-corrected chi connectivity index (χ0v) is 21.3. The standard InChI is InChI=1S/C24H40N2OSi2/c1-28(2,3)21-25(17-23-13-9-7-10-14-23)19-27-20-26(22-29(4,5)6)18-24-15-11-8-12-16-24/h7-16H,17-22H2,1-6H3. The van der Waals surface area contributed by atoms with E-state index >= 15 is 0 Å². The van der Waals surface area contributed by atoms with E-state index in [1.54, 1.807) is 0 Å². The first-order valence-electron chi connectivity index (χ1n) is 10.7. The monoisotopic (exact) mass is 428 g/mol. The Morgan fingerprint density at radius 3 is 1.24 bits per heavy atom. The molecule has 0 saturated carbocycles. The molecule has 0 aliphatic carbocycles. The normalized spacial score (nSPS) is 12.7. The molecule has 0 spiro atoms. The smallest absolute Gasteiger partial charge is 0.101 e. The Bertz CT molecular complexity index is 635. The molecule has 0 saturated heterocycles. The molecule has 0 heterocycles. The molecule has 2 rings (SSSR count). The van der Waals surface area contributed by atoms with E-state index < -0.39 is 16.1 Å². The van der Waals surface area contributed by atoms with Crippen LogP contribution >= 0.6 is 0 Å². The third-order valence-electron chi connectivity index (χ3n) is 4.44. The summed E-state index contributed by atoms with van der Waals surface area (Å²) in [6.45, 7) is 17.9. The van der Waals surface area contributed by atoms with E-state index in [-0.39, 0.29) is 0 Å². The molecule has 160 valence electrons. The number of hydrogen-bond acceptors (Lipinski definition) is 3. The second-order valence-electron chi connectivity index (χ2n) is 10.5. The summed E-state index contributed by atoms with van der Waals surface area (Å²) >= 11 is 0. The molecule has 0 atom stereocenters. The van der Waals surface area contributed by atoms with Gasteiger partial charge in [0.05, 0.1) is 16.1 Å². The van der Waals surface area contributed by atoms with Crippen LogP contribution in [0.25, 0.3) is 0 Å². The van der Waals surface area contributed by atoms with Crippen LogP contribution in [0.4, 0.5) is 0 Å². The lowest BCUT2D eigenvalue weighted by atomic mass is 10.2. The van der Waals surface area contributed by atoms with Gasteiger partial charge in [0.15, 0.2) is 0 Å². The van der Waals surface area contributed by atoms with Crippen LogP contribution in [0.5, 0.6) is 0 Å². The molecular weight excluding hydrogens is 388 g/mol. The van der Waals surface area contributed by atoms with Gasteiger partial charge in [-0.1, -0.05) is 99.9 Å². The molecule has 3 nitrogen and oxygen atoms in total. The minimum atomic E-state index is -1.21. The Morgan fingerprint density at radius 1 is 0.586 bits per heavy atom. The minimum absolute atomic E-state index is 0.691. The molecule has 2 aromatic rings. The molecule has 0 aromatic heterocycles. The lowest BCUT2D eigenvalue weighted by Crippen LogP contribution is -2.44. The first-order chi connectivity index (χ1) is 13.6. The van der Waals surface area contributed by atoms with Crippen LogP contribution in [-0.4, -0.2) is 51.7 Å². The van der Waals surface area contributed by atoms with Crippen LogP contribution < -0.4 is 0 Å². The molecule has 0 unspecified atom stereocenters. The fourth-order valence-electron chi connectivity index (χ4n) is 3.62. The van der Waals surface area contributed by atoms with E-state index in [0.717, 1.165) is 25.4 Å². The third-order valence-corrected chi connectivity index (χ3v) is 7.23. The molecular formula is C24H40N2OSi2. The maximum absolute atomic E-state index is 6.29. The van der Waals surface area contributed by atoms with Crippen molar-refractivity contribution in [2.45, 2.75) is 52.4 Å². The summed E-state index contributed by atoms with van der Waals surface area (Å²) < 4.78 is 6.29. The van der Waals surface area contributed by atoms with E-state index in [0.29, 0.717) is 13.5 Å². The van der Waals surface area contributed by atoms with E-state index in [4.69, 9.17) is 4.74 Å². The lowest BCUT2D eigenvalue weighted by Gasteiger charge is -2.32. The van der Waals surface area contributed by atoms with Crippen LogP contribution in [0, 0.1) is 0 Å². The van der Waals surface area contributed by atoms with Crippen molar-refractivity contribution in [3.8, 4) is 0 Å². The summed E-state index contributed by atoms with van der Waals surface area (Å²) in [5.74, 6) is 0. The van der Waals surface area contributed by atoms with E-state index in [2.05, 4.69) is 110 Å². The number of rotatable bonds is 12. The Labute approximate surface area is 180 Å². The Kier molecular flexibility index (Phi) is 9.30.